The summed E-state index contributed by atoms with van der Waals surface area (Å²) >= 11 is 0. The minimum Gasteiger partial charge on any atom is -0.387 e. The zero-order valence-electron chi connectivity index (χ0n) is 10.9. The van der Waals surface area contributed by atoms with E-state index in [2.05, 4.69) is 11.9 Å². The maximum Gasteiger partial charge on any atom is 0.0987 e. The molecule has 2 rings (SSSR count). The van der Waals surface area contributed by atoms with E-state index in [9.17, 15) is 5.11 Å². The Hall–Kier alpha value is -0.890. The second-order valence-electron chi connectivity index (χ2n) is 5.41. The molecule has 0 radical (unpaired) electrons. The average molecular weight is 233 g/mol. The highest BCUT2D eigenvalue weighted by Gasteiger charge is 2.27. The molecule has 1 fully saturated rings. The molecule has 94 valence electrons. The van der Waals surface area contributed by atoms with Crippen molar-refractivity contribution in [1.29, 1.82) is 0 Å². The van der Waals surface area contributed by atoms with Crippen LogP contribution in [0.5, 0.6) is 0 Å². The first-order chi connectivity index (χ1) is 8.20. The first kappa shape index (κ1) is 12.6. The fourth-order valence-electron chi connectivity index (χ4n) is 2.89. The van der Waals surface area contributed by atoms with Crippen LogP contribution in [0, 0.1) is 18.8 Å². The van der Waals surface area contributed by atoms with Gasteiger partial charge in [-0.25, -0.2) is 0 Å². The zero-order chi connectivity index (χ0) is 12.3. The molecule has 2 nitrogen and oxygen atoms in total. The molecule has 0 bridgehead atoms. The number of hydrogen-bond donors (Lipinski definition) is 1. The molecule has 0 aliphatic heterocycles. The first-order valence-corrected chi connectivity index (χ1v) is 6.81. The van der Waals surface area contributed by atoms with Gasteiger partial charge < -0.3 is 5.11 Å². The maximum atomic E-state index is 10.4. The van der Waals surface area contributed by atoms with Gasteiger partial charge in [-0.3, -0.25) is 4.98 Å². The largest absolute Gasteiger partial charge is 0.387 e. The second-order valence-corrected chi connectivity index (χ2v) is 5.41. The van der Waals surface area contributed by atoms with E-state index >= 15 is 0 Å². The Morgan fingerprint density at radius 1 is 1.41 bits per heavy atom. The highest BCUT2D eigenvalue weighted by Crippen LogP contribution is 2.37. The summed E-state index contributed by atoms with van der Waals surface area (Å²) in [5.74, 6) is 1.21. The Labute approximate surface area is 104 Å². The topological polar surface area (TPSA) is 33.1 Å². The van der Waals surface area contributed by atoms with Crippen LogP contribution in [0.25, 0.3) is 0 Å². The molecule has 1 heterocycles. The van der Waals surface area contributed by atoms with Crippen LogP contribution in [0.15, 0.2) is 18.3 Å². The third kappa shape index (κ3) is 3.06. The van der Waals surface area contributed by atoms with Crippen LogP contribution in [-0.2, 0) is 0 Å². The van der Waals surface area contributed by atoms with Gasteiger partial charge in [-0.1, -0.05) is 32.3 Å². The van der Waals surface area contributed by atoms with E-state index in [-0.39, 0.29) is 6.10 Å². The fraction of sp³-hybridized carbons (Fsp3) is 0.667. The summed E-state index contributed by atoms with van der Waals surface area (Å²) in [6.07, 6.45) is 7.61. The lowest BCUT2D eigenvalue weighted by Gasteiger charge is -2.31. The minimum absolute atomic E-state index is 0.370. The third-order valence-corrected chi connectivity index (χ3v) is 4.08. The number of hydrogen-bond acceptors (Lipinski definition) is 2. The normalized spacial score (nSPS) is 26.8. The molecule has 0 saturated heterocycles. The van der Waals surface area contributed by atoms with Crippen LogP contribution < -0.4 is 0 Å². The monoisotopic (exact) mass is 233 g/mol. The molecule has 2 heteroatoms. The van der Waals surface area contributed by atoms with Gasteiger partial charge in [0, 0.05) is 6.20 Å². The minimum atomic E-state index is -0.370. The number of aliphatic hydroxyl groups excluding tert-OH is 1. The lowest BCUT2D eigenvalue weighted by atomic mass is 9.77. The first-order valence-electron chi connectivity index (χ1n) is 6.81. The van der Waals surface area contributed by atoms with Crippen LogP contribution in [-0.4, -0.2) is 10.1 Å². The van der Waals surface area contributed by atoms with Crippen LogP contribution in [0.3, 0.4) is 0 Å². The van der Waals surface area contributed by atoms with Gasteiger partial charge in [-0.15, -0.1) is 0 Å². The van der Waals surface area contributed by atoms with Gasteiger partial charge in [0.15, 0.2) is 0 Å². The predicted octanol–water partition coefficient (Wildman–Crippen LogP) is 3.64. The SMILES string of the molecule is CCC1CCCC(C(O)c2ccc(C)cn2)C1. The molecule has 0 aromatic carbocycles. The van der Waals surface area contributed by atoms with E-state index in [0.717, 1.165) is 30.0 Å². The van der Waals surface area contributed by atoms with Gasteiger partial charge in [-0.05, 0) is 43.2 Å². The number of aromatic nitrogens is 1. The number of aryl methyl sites for hydroxylation is 1. The third-order valence-electron chi connectivity index (χ3n) is 4.08. The van der Waals surface area contributed by atoms with Crippen LogP contribution >= 0.6 is 0 Å². The van der Waals surface area contributed by atoms with Crippen molar-refractivity contribution in [2.24, 2.45) is 11.8 Å². The van der Waals surface area contributed by atoms with E-state index in [4.69, 9.17) is 0 Å². The summed E-state index contributed by atoms with van der Waals surface area (Å²) in [6.45, 7) is 4.28. The molecule has 3 atom stereocenters. The molecule has 1 N–H and O–H groups in total. The van der Waals surface area contributed by atoms with Crippen molar-refractivity contribution in [3.8, 4) is 0 Å². The smallest absolute Gasteiger partial charge is 0.0987 e. The van der Waals surface area contributed by atoms with Gasteiger partial charge in [0.1, 0.15) is 0 Å². The standard InChI is InChI=1S/C15H23NO/c1-3-12-5-4-6-13(9-12)15(17)14-8-7-11(2)10-16-14/h7-8,10,12-13,15,17H,3-6,9H2,1-2H3. The van der Waals surface area contributed by atoms with Crippen molar-refractivity contribution in [2.75, 3.05) is 0 Å². The van der Waals surface area contributed by atoms with Crippen molar-refractivity contribution < 1.29 is 5.11 Å². The summed E-state index contributed by atoms with van der Waals surface area (Å²) in [6, 6.07) is 4.00. The van der Waals surface area contributed by atoms with Crippen LogP contribution in [0.2, 0.25) is 0 Å². The summed E-state index contributed by atoms with van der Waals surface area (Å²) < 4.78 is 0. The van der Waals surface area contributed by atoms with Crippen molar-refractivity contribution in [1.82, 2.24) is 4.98 Å². The Morgan fingerprint density at radius 3 is 2.88 bits per heavy atom. The quantitative estimate of drug-likeness (QED) is 0.864. The van der Waals surface area contributed by atoms with Crippen molar-refractivity contribution in [2.45, 2.75) is 52.1 Å². The Morgan fingerprint density at radius 2 is 2.24 bits per heavy atom. The lowest BCUT2D eigenvalue weighted by molar-refractivity contribution is 0.0645. The number of aliphatic hydroxyl groups is 1. The summed E-state index contributed by atoms with van der Waals surface area (Å²) in [7, 11) is 0. The van der Waals surface area contributed by atoms with Gasteiger partial charge >= 0.3 is 0 Å². The zero-order valence-corrected chi connectivity index (χ0v) is 10.9. The molecular formula is C15H23NO. The Balaban J connectivity index is 2.03. The van der Waals surface area contributed by atoms with Crippen LogP contribution in [0.4, 0.5) is 0 Å². The van der Waals surface area contributed by atoms with Gasteiger partial charge in [-0.2, -0.15) is 0 Å². The van der Waals surface area contributed by atoms with Gasteiger partial charge in [0.25, 0.3) is 0 Å². The van der Waals surface area contributed by atoms with E-state index in [1.165, 1.54) is 19.3 Å². The maximum absolute atomic E-state index is 10.4. The molecule has 0 amide bonds. The second kappa shape index (κ2) is 5.63. The molecule has 17 heavy (non-hydrogen) atoms. The van der Waals surface area contributed by atoms with Crippen LogP contribution in [0.1, 0.15) is 56.4 Å². The predicted molar refractivity (Wildman–Crippen MR) is 69.7 cm³/mol. The van der Waals surface area contributed by atoms with Gasteiger partial charge in [0.05, 0.1) is 11.8 Å². The average Bonchev–Trinajstić information content (AvgIpc) is 2.39. The summed E-state index contributed by atoms with van der Waals surface area (Å²) in [4.78, 5) is 4.35. The highest BCUT2D eigenvalue weighted by molar-refractivity contribution is 5.14. The van der Waals surface area contributed by atoms with Crippen molar-refractivity contribution in [3.05, 3.63) is 29.6 Å². The molecule has 1 aromatic heterocycles. The molecule has 0 spiro atoms. The fourth-order valence-corrected chi connectivity index (χ4v) is 2.89. The van der Waals surface area contributed by atoms with E-state index in [1.54, 1.807) is 0 Å². The molecule has 3 unspecified atom stereocenters. The van der Waals surface area contributed by atoms with E-state index < -0.39 is 0 Å². The molecule has 1 aliphatic carbocycles. The van der Waals surface area contributed by atoms with Crippen molar-refractivity contribution in [3.63, 3.8) is 0 Å². The molecular weight excluding hydrogens is 210 g/mol. The summed E-state index contributed by atoms with van der Waals surface area (Å²) in [5, 5.41) is 10.4. The highest BCUT2D eigenvalue weighted by atomic mass is 16.3. The molecule has 1 saturated carbocycles. The molecule has 1 aliphatic rings. The number of pyridine rings is 1. The van der Waals surface area contributed by atoms with Gasteiger partial charge in [0.2, 0.25) is 0 Å². The summed E-state index contributed by atoms with van der Waals surface area (Å²) in [5.41, 5.74) is 1.99. The Kier molecular flexibility index (Phi) is 4.16. The molecule has 1 aromatic rings. The lowest BCUT2D eigenvalue weighted by Crippen LogP contribution is -2.21. The van der Waals surface area contributed by atoms with Crippen molar-refractivity contribution >= 4 is 0 Å². The Bertz CT molecular complexity index is 346. The van der Waals surface area contributed by atoms with E-state index in [1.807, 2.05) is 25.3 Å². The number of rotatable bonds is 3. The number of nitrogens with zero attached hydrogens (tertiary/aromatic N) is 1. The van der Waals surface area contributed by atoms with E-state index in [0.29, 0.717) is 5.92 Å².